The zero-order chi connectivity index (χ0) is 14.8. The second-order valence-corrected chi connectivity index (χ2v) is 5.69. The maximum Gasteiger partial charge on any atom is 0.125 e. The van der Waals surface area contributed by atoms with E-state index in [-0.39, 0.29) is 11.7 Å². The van der Waals surface area contributed by atoms with Crippen molar-refractivity contribution < 1.29 is 4.39 Å². The quantitative estimate of drug-likeness (QED) is 0.325. The van der Waals surface area contributed by atoms with Gasteiger partial charge in [0.1, 0.15) is 5.83 Å². The molecule has 0 fully saturated rings. The average molecular weight is 266 g/mol. The molecule has 0 aliphatic rings. The van der Waals surface area contributed by atoms with Crippen LogP contribution in [0, 0.1) is 11.8 Å². The van der Waals surface area contributed by atoms with Gasteiger partial charge in [-0.3, -0.25) is 0 Å². The molecule has 0 radical (unpaired) electrons. The van der Waals surface area contributed by atoms with E-state index in [1.54, 1.807) is 0 Å². The highest BCUT2D eigenvalue weighted by Gasteiger charge is 2.17. The Bertz CT molecular complexity index is 321. The van der Waals surface area contributed by atoms with E-state index in [2.05, 4.69) is 27.4 Å². The molecular weight excluding hydrogens is 235 g/mol. The van der Waals surface area contributed by atoms with Crippen molar-refractivity contribution in [3.8, 4) is 0 Å². The van der Waals surface area contributed by atoms with Crippen molar-refractivity contribution in [2.75, 3.05) is 0 Å². The Balaban J connectivity index is 5.03. The minimum atomic E-state index is 0.0113. The van der Waals surface area contributed by atoms with Gasteiger partial charge in [0.2, 0.25) is 0 Å². The molecule has 0 rings (SSSR count). The molecule has 1 atom stereocenters. The first-order valence-corrected chi connectivity index (χ1v) is 7.60. The van der Waals surface area contributed by atoms with Gasteiger partial charge in [0, 0.05) is 0 Å². The molecule has 0 bridgehead atoms. The molecule has 1 unspecified atom stereocenters. The third kappa shape index (κ3) is 6.75. The lowest BCUT2D eigenvalue weighted by molar-refractivity contribution is 0.421. The van der Waals surface area contributed by atoms with E-state index in [9.17, 15) is 4.39 Å². The Morgan fingerprint density at radius 3 is 2.32 bits per heavy atom. The molecule has 0 aliphatic carbocycles. The lowest BCUT2D eigenvalue weighted by Gasteiger charge is -2.21. The van der Waals surface area contributed by atoms with E-state index in [4.69, 9.17) is 0 Å². The van der Waals surface area contributed by atoms with Crippen molar-refractivity contribution in [2.45, 2.75) is 66.7 Å². The van der Waals surface area contributed by atoms with Crippen LogP contribution in [-0.4, -0.2) is 0 Å². The highest BCUT2D eigenvalue weighted by atomic mass is 19.1. The largest absolute Gasteiger partial charge is 0.207 e. The lowest BCUT2D eigenvalue weighted by Crippen LogP contribution is -2.07. The van der Waals surface area contributed by atoms with Crippen molar-refractivity contribution in [3.63, 3.8) is 0 Å². The van der Waals surface area contributed by atoms with Crippen molar-refractivity contribution in [1.29, 1.82) is 0 Å². The molecule has 0 nitrogen and oxygen atoms in total. The molecule has 0 spiro atoms. The maximum absolute atomic E-state index is 14.4. The first kappa shape index (κ1) is 18.1. The topological polar surface area (TPSA) is 0 Å². The molecule has 0 aromatic heterocycles. The van der Waals surface area contributed by atoms with Crippen molar-refractivity contribution >= 4 is 0 Å². The Morgan fingerprint density at radius 2 is 1.89 bits per heavy atom. The Morgan fingerprint density at radius 1 is 1.26 bits per heavy atom. The van der Waals surface area contributed by atoms with E-state index < -0.39 is 0 Å². The van der Waals surface area contributed by atoms with E-state index in [0.717, 1.165) is 36.8 Å². The van der Waals surface area contributed by atoms with Crippen LogP contribution in [0.5, 0.6) is 0 Å². The second kappa shape index (κ2) is 10.00. The van der Waals surface area contributed by atoms with Gasteiger partial charge in [-0.15, -0.1) is 6.58 Å². The SMILES string of the molecule is C=CCCC(CCC)C/C(=C(F)/C(C)=C\C)C(C)C. The van der Waals surface area contributed by atoms with Gasteiger partial charge in [0.05, 0.1) is 0 Å². The fourth-order valence-electron chi connectivity index (χ4n) is 2.38. The number of rotatable bonds is 9. The van der Waals surface area contributed by atoms with Crippen LogP contribution in [0.25, 0.3) is 0 Å². The van der Waals surface area contributed by atoms with Gasteiger partial charge in [-0.1, -0.05) is 45.8 Å². The van der Waals surface area contributed by atoms with Gasteiger partial charge in [-0.2, -0.15) is 0 Å². The van der Waals surface area contributed by atoms with E-state index in [1.165, 1.54) is 6.42 Å². The van der Waals surface area contributed by atoms with Gasteiger partial charge in [-0.25, -0.2) is 4.39 Å². The van der Waals surface area contributed by atoms with Crippen molar-refractivity contribution in [3.05, 3.63) is 35.7 Å². The average Bonchev–Trinajstić information content (AvgIpc) is 2.39. The zero-order valence-corrected chi connectivity index (χ0v) is 13.4. The summed E-state index contributed by atoms with van der Waals surface area (Å²) in [6.45, 7) is 13.9. The summed E-state index contributed by atoms with van der Waals surface area (Å²) in [5.74, 6) is 0.867. The molecule has 0 saturated heterocycles. The number of allylic oxidation sites excluding steroid dienone is 5. The highest BCUT2D eigenvalue weighted by Crippen LogP contribution is 2.31. The summed E-state index contributed by atoms with van der Waals surface area (Å²) in [7, 11) is 0. The molecule has 0 amide bonds. The van der Waals surface area contributed by atoms with Gasteiger partial charge >= 0.3 is 0 Å². The molecule has 110 valence electrons. The number of hydrogen-bond donors (Lipinski definition) is 0. The highest BCUT2D eigenvalue weighted by molar-refractivity contribution is 5.29. The van der Waals surface area contributed by atoms with Crippen LogP contribution < -0.4 is 0 Å². The minimum Gasteiger partial charge on any atom is -0.207 e. The maximum atomic E-state index is 14.4. The van der Waals surface area contributed by atoms with E-state index >= 15 is 0 Å². The van der Waals surface area contributed by atoms with Gasteiger partial charge < -0.3 is 0 Å². The Labute approximate surface area is 119 Å². The Kier molecular flexibility index (Phi) is 9.55. The third-order valence-electron chi connectivity index (χ3n) is 3.74. The fraction of sp³-hybridized carbons (Fsp3) is 0.667. The molecule has 0 aromatic rings. The summed E-state index contributed by atoms with van der Waals surface area (Å²) < 4.78 is 14.4. The lowest BCUT2D eigenvalue weighted by atomic mass is 9.85. The summed E-state index contributed by atoms with van der Waals surface area (Å²) in [5, 5.41) is 0. The zero-order valence-electron chi connectivity index (χ0n) is 13.4. The van der Waals surface area contributed by atoms with Crippen LogP contribution in [0.2, 0.25) is 0 Å². The molecule has 19 heavy (non-hydrogen) atoms. The number of hydrogen-bond acceptors (Lipinski definition) is 0. The molecular formula is C18H31F. The smallest absolute Gasteiger partial charge is 0.125 e. The van der Waals surface area contributed by atoms with Crippen LogP contribution >= 0.6 is 0 Å². The van der Waals surface area contributed by atoms with Crippen LogP contribution in [-0.2, 0) is 0 Å². The van der Waals surface area contributed by atoms with Crippen molar-refractivity contribution in [1.82, 2.24) is 0 Å². The first-order valence-electron chi connectivity index (χ1n) is 7.60. The predicted molar refractivity (Wildman–Crippen MR) is 84.8 cm³/mol. The predicted octanol–water partition coefficient (Wildman–Crippen LogP) is 6.60. The summed E-state index contributed by atoms with van der Waals surface area (Å²) in [5.41, 5.74) is 1.75. The van der Waals surface area contributed by atoms with Crippen LogP contribution in [0.15, 0.2) is 35.7 Å². The summed E-state index contributed by atoms with van der Waals surface area (Å²) in [6, 6.07) is 0. The van der Waals surface area contributed by atoms with Crippen LogP contribution in [0.1, 0.15) is 66.7 Å². The standard InChI is InChI=1S/C18H31F/c1-7-10-12-16(11-8-2)13-17(14(4)5)18(19)15(6)9-3/h7,9,14,16H,1,8,10-13H2,2-6H3/b15-9-,18-17+. The molecule has 0 aliphatic heterocycles. The molecule has 0 saturated carbocycles. The van der Waals surface area contributed by atoms with E-state index in [1.807, 2.05) is 26.0 Å². The Hall–Kier alpha value is -0.850. The molecule has 0 N–H and O–H groups in total. The monoisotopic (exact) mass is 266 g/mol. The summed E-state index contributed by atoms with van der Waals surface area (Å²) >= 11 is 0. The second-order valence-electron chi connectivity index (χ2n) is 5.69. The van der Waals surface area contributed by atoms with Gasteiger partial charge in [0.25, 0.3) is 0 Å². The van der Waals surface area contributed by atoms with Crippen molar-refractivity contribution in [2.24, 2.45) is 11.8 Å². The fourth-order valence-corrected chi connectivity index (χ4v) is 2.38. The molecule has 0 aromatic carbocycles. The van der Waals surface area contributed by atoms with Crippen LogP contribution in [0.3, 0.4) is 0 Å². The van der Waals surface area contributed by atoms with Gasteiger partial charge in [-0.05, 0) is 56.1 Å². The third-order valence-corrected chi connectivity index (χ3v) is 3.74. The summed E-state index contributed by atoms with van der Waals surface area (Å²) in [6.07, 6.45) is 9.20. The summed E-state index contributed by atoms with van der Waals surface area (Å²) in [4.78, 5) is 0. The van der Waals surface area contributed by atoms with E-state index in [0.29, 0.717) is 5.92 Å². The van der Waals surface area contributed by atoms with Gasteiger partial charge in [0.15, 0.2) is 0 Å². The van der Waals surface area contributed by atoms with Crippen LogP contribution in [0.4, 0.5) is 4.39 Å². The number of halogens is 1. The molecule has 1 heteroatoms. The minimum absolute atomic E-state index is 0.0113. The first-order chi connectivity index (χ1) is 8.97. The molecule has 0 heterocycles. The normalized spacial score (nSPS) is 15.4.